The first-order valence-corrected chi connectivity index (χ1v) is 9.24. The molecule has 0 aliphatic heterocycles. The smallest absolute Gasteiger partial charge is 0.122 e. The lowest BCUT2D eigenvalue weighted by Gasteiger charge is -2.15. The summed E-state index contributed by atoms with van der Waals surface area (Å²) in [6.45, 7) is 10.9. The molecule has 2 aromatic rings. The maximum absolute atomic E-state index is 5.95. The molecule has 0 radical (unpaired) electrons. The van der Waals surface area contributed by atoms with E-state index in [1.165, 1.54) is 5.56 Å². The van der Waals surface area contributed by atoms with Crippen LogP contribution in [0.1, 0.15) is 45.6 Å². The highest BCUT2D eigenvalue weighted by Crippen LogP contribution is 2.25. The average molecular weight is 341 g/mol. The molecule has 25 heavy (non-hydrogen) atoms. The van der Waals surface area contributed by atoms with Crippen molar-refractivity contribution >= 4 is 5.69 Å². The number of anilines is 1. The zero-order valence-corrected chi connectivity index (χ0v) is 15.9. The minimum atomic E-state index is 0.462. The SMILES string of the molecule is CC(C)CCOc1cccc(NCCOc2ccccc2C(C)C)c1. The van der Waals surface area contributed by atoms with Gasteiger partial charge in [0.1, 0.15) is 18.1 Å². The van der Waals surface area contributed by atoms with E-state index >= 15 is 0 Å². The predicted octanol–water partition coefficient (Wildman–Crippen LogP) is 5.73. The van der Waals surface area contributed by atoms with Crippen LogP contribution in [0.15, 0.2) is 48.5 Å². The normalized spacial score (nSPS) is 11.0. The Morgan fingerprint density at radius 3 is 2.44 bits per heavy atom. The summed E-state index contributed by atoms with van der Waals surface area (Å²) in [4.78, 5) is 0. The molecular weight excluding hydrogens is 310 g/mol. The van der Waals surface area contributed by atoms with E-state index in [1.54, 1.807) is 0 Å². The largest absolute Gasteiger partial charge is 0.494 e. The van der Waals surface area contributed by atoms with E-state index < -0.39 is 0 Å². The second-order valence-electron chi connectivity index (χ2n) is 7.03. The number of benzene rings is 2. The van der Waals surface area contributed by atoms with Gasteiger partial charge in [-0.25, -0.2) is 0 Å². The lowest BCUT2D eigenvalue weighted by atomic mass is 10.0. The van der Waals surface area contributed by atoms with Gasteiger partial charge in [0.25, 0.3) is 0 Å². The third kappa shape index (κ3) is 6.69. The van der Waals surface area contributed by atoms with Gasteiger partial charge in [0.2, 0.25) is 0 Å². The monoisotopic (exact) mass is 341 g/mol. The minimum absolute atomic E-state index is 0.462. The summed E-state index contributed by atoms with van der Waals surface area (Å²) in [5, 5.41) is 3.40. The first kappa shape index (κ1) is 19.2. The fourth-order valence-corrected chi connectivity index (χ4v) is 2.55. The molecule has 0 atom stereocenters. The molecule has 0 saturated heterocycles. The van der Waals surface area contributed by atoms with Gasteiger partial charge >= 0.3 is 0 Å². The van der Waals surface area contributed by atoms with Crippen LogP contribution >= 0.6 is 0 Å². The van der Waals surface area contributed by atoms with Crippen LogP contribution in [0.4, 0.5) is 5.69 Å². The van der Waals surface area contributed by atoms with Crippen molar-refractivity contribution in [2.75, 3.05) is 25.1 Å². The van der Waals surface area contributed by atoms with Gasteiger partial charge in [-0.2, -0.15) is 0 Å². The van der Waals surface area contributed by atoms with Crippen molar-refractivity contribution in [1.29, 1.82) is 0 Å². The van der Waals surface area contributed by atoms with Crippen molar-refractivity contribution < 1.29 is 9.47 Å². The molecule has 1 N–H and O–H groups in total. The van der Waals surface area contributed by atoms with Crippen LogP contribution in [0.25, 0.3) is 0 Å². The Kier molecular flexibility index (Phi) is 7.65. The van der Waals surface area contributed by atoms with Crippen molar-refractivity contribution in [2.24, 2.45) is 5.92 Å². The first-order valence-electron chi connectivity index (χ1n) is 9.24. The summed E-state index contributed by atoms with van der Waals surface area (Å²) in [5.41, 5.74) is 2.31. The van der Waals surface area contributed by atoms with E-state index in [4.69, 9.17) is 9.47 Å². The summed E-state index contributed by atoms with van der Waals surface area (Å²) in [6, 6.07) is 16.4. The first-order chi connectivity index (χ1) is 12.1. The van der Waals surface area contributed by atoms with E-state index in [1.807, 2.05) is 30.3 Å². The summed E-state index contributed by atoms with van der Waals surface area (Å²) in [5.74, 6) is 3.01. The van der Waals surface area contributed by atoms with Gasteiger partial charge < -0.3 is 14.8 Å². The van der Waals surface area contributed by atoms with E-state index in [0.717, 1.165) is 36.8 Å². The predicted molar refractivity (Wildman–Crippen MR) is 106 cm³/mol. The third-order valence-corrected chi connectivity index (χ3v) is 4.03. The third-order valence-electron chi connectivity index (χ3n) is 4.03. The lowest BCUT2D eigenvalue weighted by molar-refractivity contribution is 0.289. The molecule has 3 heteroatoms. The molecule has 0 aliphatic carbocycles. The van der Waals surface area contributed by atoms with Crippen LogP contribution in [0, 0.1) is 5.92 Å². The minimum Gasteiger partial charge on any atom is -0.494 e. The topological polar surface area (TPSA) is 30.5 Å². The number of ether oxygens (including phenoxy) is 2. The summed E-state index contributed by atoms with van der Waals surface area (Å²) in [6.07, 6.45) is 1.07. The van der Waals surface area contributed by atoms with Crippen LogP contribution in [-0.4, -0.2) is 19.8 Å². The molecule has 136 valence electrons. The maximum Gasteiger partial charge on any atom is 0.122 e. The van der Waals surface area contributed by atoms with Crippen molar-refractivity contribution in [3.05, 3.63) is 54.1 Å². The average Bonchev–Trinajstić information content (AvgIpc) is 2.59. The highest BCUT2D eigenvalue weighted by molar-refractivity contribution is 5.48. The van der Waals surface area contributed by atoms with Crippen molar-refractivity contribution in [3.63, 3.8) is 0 Å². The molecule has 0 heterocycles. The Morgan fingerprint density at radius 1 is 0.880 bits per heavy atom. The lowest BCUT2D eigenvalue weighted by Crippen LogP contribution is -2.12. The molecule has 0 bridgehead atoms. The zero-order chi connectivity index (χ0) is 18.1. The van der Waals surface area contributed by atoms with Crippen molar-refractivity contribution in [2.45, 2.75) is 40.0 Å². The Labute approximate surface area is 152 Å². The van der Waals surface area contributed by atoms with E-state index in [9.17, 15) is 0 Å². The quantitative estimate of drug-likeness (QED) is 0.560. The van der Waals surface area contributed by atoms with Crippen LogP contribution in [0.3, 0.4) is 0 Å². The Balaban J connectivity index is 1.78. The summed E-state index contributed by atoms with van der Waals surface area (Å²) < 4.78 is 11.8. The van der Waals surface area contributed by atoms with Gasteiger partial charge in [0.15, 0.2) is 0 Å². The molecule has 3 nitrogen and oxygen atoms in total. The highest BCUT2D eigenvalue weighted by atomic mass is 16.5. The fraction of sp³-hybridized carbons (Fsp3) is 0.455. The maximum atomic E-state index is 5.95. The molecule has 0 spiro atoms. The van der Waals surface area contributed by atoms with E-state index in [2.05, 4.69) is 51.2 Å². The highest BCUT2D eigenvalue weighted by Gasteiger charge is 2.06. The molecule has 2 aromatic carbocycles. The second-order valence-corrected chi connectivity index (χ2v) is 7.03. The molecule has 0 aromatic heterocycles. The molecule has 0 unspecified atom stereocenters. The van der Waals surface area contributed by atoms with Crippen LogP contribution in [0.2, 0.25) is 0 Å². The number of nitrogens with one attached hydrogen (secondary N) is 1. The van der Waals surface area contributed by atoms with E-state index in [0.29, 0.717) is 18.4 Å². The van der Waals surface area contributed by atoms with Gasteiger partial charge in [0.05, 0.1) is 6.61 Å². The Bertz CT molecular complexity index is 637. The van der Waals surface area contributed by atoms with Gasteiger partial charge in [-0.3, -0.25) is 0 Å². The van der Waals surface area contributed by atoms with Crippen molar-refractivity contribution in [3.8, 4) is 11.5 Å². The summed E-state index contributed by atoms with van der Waals surface area (Å²) in [7, 11) is 0. The second kappa shape index (κ2) is 9.97. The van der Waals surface area contributed by atoms with E-state index in [-0.39, 0.29) is 0 Å². The summed E-state index contributed by atoms with van der Waals surface area (Å²) >= 11 is 0. The standard InChI is InChI=1S/C22H31NO2/c1-17(2)12-14-24-20-9-7-8-19(16-20)23-13-15-25-22-11-6-5-10-21(22)18(3)4/h5-11,16-18,23H,12-15H2,1-4H3. The van der Waals surface area contributed by atoms with Gasteiger partial charge in [-0.1, -0.05) is 52.0 Å². The Morgan fingerprint density at radius 2 is 1.68 bits per heavy atom. The van der Waals surface area contributed by atoms with Crippen LogP contribution in [0.5, 0.6) is 11.5 Å². The van der Waals surface area contributed by atoms with Gasteiger partial charge in [-0.05, 0) is 42.0 Å². The van der Waals surface area contributed by atoms with Crippen LogP contribution in [-0.2, 0) is 0 Å². The molecule has 0 amide bonds. The zero-order valence-electron chi connectivity index (χ0n) is 15.9. The fourth-order valence-electron chi connectivity index (χ4n) is 2.55. The molecule has 0 aliphatic rings. The Hall–Kier alpha value is -2.16. The molecular formula is C22H31NO2. The number of para-hydroxylation sites is 1. The number of hydrogen-bond donors (Lipinski definition) is 1. The molecule has 2 rings (SSSR count). The van der Waals surface area contributed by atoms with Crippen LogP contribution < -0.4 is 14.8 Å². The number of rotatable bonds is 10. The molecule has 0 fully saturated rings. The molecule has 0 saturated carbocycles. The number of hydrogen-bond acceptors (Lipinski definition) is 3. The van der Waals surface area contributed by atoms with Crippen molar-refractivity contribution in [1.82, 2.24) is 0 Å². The van der Waals surface area contributed by atoms with Gasteiger partial charge in [-0.15, -0.1) is 0 Å². The van der Waals surface area contributed by atoms with Gasteiger partial charge in [0, 0.05) is 18.3 Å².